The maximum atomic E-state index is 11.7. The number of methoxy groups -OCH3 is 1. The molecule has 0 fully saturated rings. The Morgan fingerprint density at radius 3 is 2.50 bits per heavy atom. The molecular formula is C12H8Br2N2O2. The summed E-state index contributed by atoms with van der Waals surface area (Å²) < 4.78 is 6.32. The van der Waals surface area contributed by atoms with E-state index < -0.39 is 5.97 Å². The third kappa shape index (κ3) is 2.76. The number of ether oxygens (including phenoxy) is 1. The first-order valence-electron chi connectivity index (χ1n) is 4.97. The molecule has 0 aliphatic rings. The molecule has 2 heterocycles. The van der Waals surface area contributed by atoms with Gasteiger partial charge in [0.2, 0.25) is 0 Å². The van der Waals surface area contributed by atoms with Crippen LogP contribution in [0.1, 0.15) is 10.4 Å². The van der Waals surface area contributed by atoms with E-state index in [2.05, 4.69) is 41.8 Å². The molecule has 0 aliphatic heterocycles. The molecule has 6 heteroatoms. The lowest BCUT2D eigenvalue weighted by atomic mass is 10.1. The first-order valence-corrected chi connectivity index (χ1v) is 6.56. The molecular weight excluding hydrogens is 364 g/mol. The minimum Gasteiger partial charge on any atom is -0.465 e. The second-order valence-electron chi connectivity index (χ2n) is 3.40. The molecule has 4 nitrogen and oxygen atoms in total. The van der Waals surface area contributed by atoms with Crippen LogP contribution in [0.4, 0.5) is 0 Å². The topological polar surface area (TPSA) is 52.1 Å². The maximum absolute atomic E-state index is 11.7. The highest BCUT2D eigenvalue weighted by atomic mass is 79.9. The van der Waals surface area contributed by atoms with Gasteiger partial charge in [-0.15, -0.1) is 0 Å². The zero-order valence-corrected chi connectivity index (χ0v) is 12.5. The molecule has 0 bridgehead atoms. The molecule has 0 radical (unpaired) electrons. The maximum Gasteiger partial charge on any atom is 0.340 e. The first kappa shape index (κ1) is 13.2. The molecule has 0 unspecified atom stereocenters. The SMILES string of the molecule is COC(=O)c1cc(Br)cnc1-c1ccc(Br)cn1. The van der Waals surface area contributed by atoms with Crippen molar-refractivity contribution in [2.24, 2.45) is 0 Å². The summed E-state index contributed by atoms with van der Waals surface area (Å²) in [6.07, 6.45) is 3.27. The second kappa shape index (κ2) is 5.58. The van der Waals surface area contributed by atoms with Crippen molar-refractivity contribution < 1.29 is 9.53 Å². The number of rotatable bonds is 2. The van der Waals surface area contributed by atoms with Gasteiger partial charge in [0.15, 0.2) is 0 Å². The van der Waals surface area contributed by atoms with Gasteiger partial charge in [0.25, 0.3) is 0 Å². The van der Waals surface area contributed by atoms with Gasteiger partial charge in [-0.05, 0) is 50.1 Å². The van der Waals surface area contributed by atoms with E-state index in [4.69, 9.17) is 4.74 Å². The molecule has 2 aromatic heterocycles. The minimum atomic E-state index is -0.441. The summed E-state index contributed by atoms with van der Waals surface area (Å²) in [5.74, 6) is -0.441. The molecule has 0 N–H and O–H groups in total. The predicted octanol–water partition coefficient (Wildman–Crippen LogP) is 3.46. The fourth-order valence-corrected chi connectivity index (χ4v) is 1.99. The Morgan fingerprint density at radius 1 is 1.17 bits per heavy atom. The summed E-state index contributed by atoms with van der Waals surface area (Å²) in [5, 5.41) is 0. The number of nitrogens with zero attached hydrogens (tertiary/aromatic N) is 2. The summed E-state index contributed by atoms with van der Waals surface area (Å²) >= 11 is 6.59. The number of halogens is 2. The van der Waals surface area contributed by atoms with Crippen LogP contribution in [0.2, 0.25) is 0 Å². The Labute approximate surface area is 121 Å². The van der Waals surface area contributed by atoms with Crippen LogP contribution in [0.5, 0.6) is 0 Å². The number of hydrogen-bond acceptors (Lipinski definition) is 4. The van der Waals surface area contributed by atoms with E-state index in [0.717, 1.165) is 4.47 Å². The fourth-order valence-electron chi connectivity index (χ4n) is 1.42. The van der Waals surface area contributed by atoms with Crippen molar-refractivity contribution in [1.82, 2.24) is 9.97 Å². The van der Waals surface area contributed by atoms with Crippen LogP contribution < -0.4 is 0 Å². The van der Waals surface area contributed by atoms with Gasteiger partial charge in [-0.3, -0.25) is 9.97 Å². The fraction of sp³-hybridized carbons (Fsp3) is 0.0833. The number of pyridine rings is 2. The highest BCUT2D eigenvalue weighted by Crippen LogP contribution is 2.24. The molecule has 0 spiro atoms. The third-order valence-corrected chi connectivity index (χ3v) is 3.13. The lowest BCUT2D eigenvalue weighted by molar-refractivity contribution is 0.0601. The largest absolute Gasteiger partial charge is 0.465 e. The van der Waals surface area contributed by atoms with E-state index in [1.165, 1.54) is 7.11 Å². The van der Waals surface area contributed by atoms with Gasteiger partial charge in [-0.1, -0.05) is 0 Å². The quantitative estimate of drug-likeness (QED) is 0.758. The van der Waals surface area contributed by atoms with E-state index in [0.29, 0.717) is 21.4 Å². The summed E-state index contributed by atoms with van der Waals surface area (Å²) in [7, 11) is 1.34. The summed E-state index contributed by atoms with van der Waals surface area (Å²) in [5.41, 5.74) is 1.49. The zero-order chi connectivity index (χ0) is 13.1. The van der Waals surface area contributed by atoms with E-state index in [9.17, 15) is 4.79 Å². The average Bonchev–Trinajstić information content (AvgIpc) is 2.39. The molecule has 92 valence electrons. The smallest absolute Gasteiger partial charge is 0.340 e. The standard InChI is InChI=1S/C12H8Br2N2O2/c1-18-12(17)9-4-8(14)6-16-11(9)10-3-2-7(13)5-15-10/h2-6H,1H3. The Hall–Kier alpha value is -1.27. The van der Waals surface area contributed by atoms with Gasteiger partial charge in [0.1, 0.15) is 5.69 Å². The van der Waals surface area contributed by atoms with Crippen LogP contribution in [0, 0.1) is 0 Å². The monoisotopic (exact) mass is 370 g/mol. The van der Waals surface area contributed by atoms with Gasteiger partial charge < -0.3 is 4.74 Å². The molecule has 18 heavy (non-hydrogen) atoms. The van der Waals surface area contributed by atoms with Crippen molar-refractivity contribution in [1.29, 1.82) is 0 Å². The number of carbonyl (C=O) groups is 1. The lowest BCUT2D eigenvalue weighted by Gasteiger charge is -2.07. The molecule has 2 aromatic rings. The normalized spacial score (nSPS) is 10.2. The molecule has 2 rings (SSSR count). The van der Waals surface area contributed by atoms with Crippen LogP contribution in [-0.4, -0.2) is 23.0 Å². The van der Waals surface area contributed by atoms with Crippen LogP contribution in [0.25, 0.3) is 11.4 Å². The van der Waals surface area contributed by atoms with Crippen molar-refractivity contribution >= 4 is 37.8 Å². The Balaban J connectivity index is 2.56. The lowest BCUT2D eigenvalue weighted by Crippen LogP contribution is -2.05. The van der Waals surface area contributed by atoms with Gasteiger partial charge in [-0.2, -0.15) is 0 Å². The van der Waals surface area contributed by atoms with E-state index in [1.54, 1.807) is 24.5 Å². The molecule has 0 saturated heterocycles. The highest BCUT2D eigenvalue weighted by molar-refractivity contribution is 9.10. The summed E-state index contributed by atoms with van der Waals surface area (Å²) in [4.78, 5) is 20.2. The van der Waals surface area contributed by atoms with E-state index in [-0.39, 0.29) is 0 Å². The van der Waals surface area contributed by atoms with Crippen molar-refractivity contribution in [3.05, 3.63) is 45.1 Å². The van der Waals surface area contributed by atoms with Crippen molar-refractivity contribution in [3.63, 3.8) is 0 Å². The number of esters is 1. The Kier molecular flexibility index (Phi) is 4.08. The number of hydrogen-bond donors (Lipinski definition) is 0. The second-order valence-corrected chi connectivity index (χ2v) is 5.23. The van der Waals surface area contributed by atoms with Crippen LogP contribution >= 0.6 is 31.9 Å². The van der Waals surface area contributed by atoms with E-state index >= 15 is 0 Å². The molecule has 0 aliphatic carbocycles. The van der Waals surface area contributed by atoms with Crippen LogP contribution in [-0.2, 0) is 4.74 Å². The van der Waals surface area contributed by atoms with Gasteiger partial charge in [0.05, 0.1) is 18.4 Å². The van der Waals surface area contributed by atoms with Crippen LogP contribution in [0.3, 0.4) is 0 Å². The molecule has 0 amide bonds. The summed E-state index contributed by atoms with van der Waals surface area (Å²) in [6.45, 7) is 0. The van der Waals surface area contributed by atoms with Crippen LogP contribution in [0.15, 0.2) is 39.5 Å². The number of carbonyl (C=O) groups excluding carboxylic acids is 1. The Morgan fingerprint density at radius 2 is 1.89 bits per heavy atom. The minimum absolute atomic E-state index is 0.377. The highest BCUT2D eigenvalue weighted by Gasteiger charge is 2.16. The molecule has 0 aromatic carbocycles. The summed E-state index contributed by atoms with van der Waals surface area (Å²) in [6, 6.07) is 5.29. The van der Waals surface area contributed by atoms with E-state index in [1.807, 2.05) is 6.07 Å². The van der Waals surface area contributed by atoms with Gasteiger partial charge in [0, 0.05) is 21.3 Å². The average molecular weight is 372 g/mol. The first-order chi connectivity index (χ1) is 8.61. The Bertz CT molecular complexity index is 585. The van der Waals surface area contributed by atoms with Crippen molar-refractivity contribution in [2.45, 2.75) is 0 Å². The van der Waals surface area contributed by atoms with Gasteiger partial charge >= 0.3 is 5.97 Å². The zero-order valence-electron chi connectivity index (χ0n) is 9.35. The predicted molar refractivity (Wildman–Crippen MR) is 74.2 cm³/mol. The third-order valence-electron chi connectivity index (χ3n) is 2.23. The van der Waals surface area contributed by atoms with Gasteiger partial charge in [-0.25, -0.2) is 4.79 Å². The number of aromatic nitrogens is 2. The molecule has 0 atom stereocenters. The van der Waals surface area contributed by atoms with Crippen molar-refractivity contribution in [3.8, 4) is 11.4 Å². The molecule has 0 saturated carbocycles. The van der Waals surface area contributed by atoms with Crippen molar-refractivity contribution in [2.75, 3.05) is 7.11 Å².